The lowest BCUT2D eigenvalue weighted by Crippen LogP contribution is -2.38. The number of H-pyrrole nitrogens is 2. The molecule has 3 rings (SSSR count). The Hall–Kier alpha value is -2.93. The fraction of sp³-hybridized carbons (Fsp3) is 0.188. The van der Waals surface area contributed by atoms with Crippen LogP contribution in [-0.2, 0) is 17.8 Å². The Morgan fingerprint density at radius 3 is 2.57 bits per heavy atom. The molecule has 7 nitrogen and oxygen atoms in total. The van der Waals surface area contributed by atoms with Gasteiger partial charge in [0.1, 0.15) is 6.04 Å². The minimum absolute atomic E-state index is 0.391. The monoisotopic (exact) mass is 313 g/mol. The van der Waals surface area contributed by atoms with Crippen molar-refractivity contribution in [3.63, 3.8) is 0 Å². The molecule has 0 radical (unpaired) electrons. The summed E-state index contributed by atoms with van der Waals surface area (Å²) in [4.78, 5) is 24.3. The summed E-state index contributed by atoms with van der Waals surface area (Å²) in [6.07, 6.45) is 8.66. The molecule has 0 spiro atoms. The summed E-state index contributed by atoms with van der Waals surface area (Å²) in [5.74, 6) is -0.861. The van der Waals surface area contributed by atoms with Crippen molar-refractivity contribution < 1.29 is 9.90 Å². The van der Waals surface area contributed by atoms with E-state index < -0.39 is 12.0 Å². The van der Waals surface area contributed by atoms with Gasteiger partial charge in [0.2, 0.25) is 0 Å². The number of carboxylic acids is 1. The van der Waals surface area contributed by atoms with Gasteiger partial charge in [-0.25, -0.2) is 9.97 Å². The van der Waals surface area contributed by atoms with Crippen LogP contribution in [0.2, 0.25) is 0 Å². The van der Waals surface area contributed by atoms with E-state index in [9.17, 15) is 4.79 Å². The second-order valence-corrected chi connectivity index (χ2v) is 4.80. The Morgan fingerprint density at radius 1 is 1.22 bits per heavy atom. The first kappa shape index (κ1) is 16.4. The smallest absolute Gasteiger partial charge is 0.321 e. The van der Waals surface area contributed by atoms with E-state index in [0.717, 1.165) is 11.3 Å². The van der Waals surface area contributed by atoms with Crippen LogP contribution in [0.4, 0.5) is 0 Å². The lowest BCUT2D eigenvalue weighted by Gasteiger charge is -2.13. The number of nitrogens with zero attached hydrogens (tertiary/aromatic N) is 2. The Bertz CT molecular complexity index is 636. The highest BCUT2D eigenvalue weighted by atomic mass is 16.4. The summed E-state index contributed by atoms with van der Waals surface area (Å²) >= 11 is 0. The highest BCUT2D eigenvalue weighted by Crippen LogP contribution is 2.02. The van der Waals surface area contributed by atoms with Crippen LogP contribution in [0, 0.1) is 0 Å². The second kappa shape index (κ2) is 9.16. The molecule has 0 bridgehead atoms. The Morgan fingerprint density at radius 2 is 2.04 bits per heavy atom. The van der Waals surface area contributed by atoms with Gasteiger partial charge >= 0.3 is 5.97 Å². The summed E-state index contributed by atoms with van der Waals surface area (Å²) in [7, 11) is 0. The van der Waals surface area contributed by atoms with E-state index >= 15 is 0 Å². The molecule has 0 aliphatic rings. The van der Waals surface area contributed by atoms with E-state index in [1.54, 1.807) is 31.2 Å². The minimum Gasteiger partial charge on any atom is -0.480 e. The average molecular weight is 313 g/mol. The van der Waals surface area contributed by atoms with Gasteiger partial charge in [0.05, 0.1) is 12.7 Å². The maximum atomic E-state index is 11.2. The van der Waals surface area contributed by atoms with Crippen LogP contribution in [-0.4, -0.2) is 37.1 Å². The van der Waals surface area contributed by atoms with Crippen molar-refractivity contribution in [2.45, 2.75) is 19.0 Å². The van der Waals surface area contributed by atoms with E-state index in [4.69, 9.17) is 5.11 Å². The van der Waals surface area contributed by atoms with Gasteiger partial charge in [-0.3, -0.25) is 10.1 Å². The number of rotatable bonds is 6. The number of carboxylic acid groups (broad SMARTS) is 1. The third-order valence-corrected chi connectivity index (χ3v) is 3.08. The van der Waals surface area contributed by atoms with Crippen molar-refractivity contribution in [3.8, 4) is 0 Å². The average Bonchev–Trinajstić information content (AvgIpc) is 3.28. The van der Waals surface area contributed by atoms with Gasteiger partial charge < -0.3 is 15.1 Å². The molecule has 1 aromatic carbocycles. The number of imidazole rings is 2. The summed E-state index contributed by atoms with van der Waals surface area (Å²) in [5.41, 5.74) is 1.87. The number of benzene rings is 1. The summed E-state index contributed by atoms with van der Waals surface area (Å²) < 4.78 is 0. The fourth-order valence-electron chi connectivity index (χ4n) is 1.92. The van der Waals surface area contributed by atoms with E-state index in [1.807, 2.05) is 30.3 Å². The molecule has 3 aromatic rings. The SMILES string of the molecule is O=C(O)[C@H](Cc1cnc[nH]1)NCc1ccccc1.c1c[nH]cn1. The quantitative estimate of drug-likeness (QED) is 0.553. The third-order valence-electron chi connectivity index (χ3n) is 3.08. The molecule has 0 saturated heterocycles. The predicted molar refractivity (Wildman–Crippen MR) is 85.6 cm³/mol. The first-order chi connectivity index (χ1) is 11.3. The zero-order chi connectivity index (χ0) is 16.3. The minimum atomic E-state index is -0.861. The van der Waals surface area contributed by atoms with Gasteiger partial charge in [0.25, 0.3) is 0 Å². The molecular weight excluding hydrogens is 294 g/mol. The van der Waals surface area contributed by atoms with E-state index in [1.165, 1.54) is 0 Å². The number of hydrogen-bond donors (Lipinski definition) is 4. The van der Waals surface area contributed by atoms with Crippen LogP contribution in [0.1, 0.15) is 11.3 Å². The van der Waals surface area contributed by atoms with Gasteiger partial charge in [-0.2, -0.15) is 0 Å². The number of aliphatic carboxylic acids is 1. The second-order valence-electron chi connectivity index (χ2n) is 4.80. The van der Waals surface area contributed by atoms with Gasteiger partial charge in [-0.05, 0) is 5.56 Å². The van der Waals surface area contributed by atoms with E-state index in [-0.39, 0.29) is 0 Å². The first-order valence-electron chi connectivity index (χ1n) is 7.16. The van der Waals surface area contributed by atoms with E-state index in [0.29, 0.717) is 13.0 Å². The molecule has 120 valence electrons. The predicted octanol–water partition coefficient (Wildman–Crippen LogP) is 1.60. The number of hydrogen-bond acceptors (Lipinski definition) is 4. The highest BCUT2D eigenvalue weighted by molar-refractivity contribution is 5.73. The van der Waals surface area contributed by atoms with Crippen LogP contribution in [0.25, 0.3) is 0 Å². The molecule has 0 aliphatic carbocycles. The molecular formula is C16H19N5O2. The zero-order valence-electron chi connectivity index (χ0n) is 12.5. The van der Waals surface area contributed by atoms with Crippen LogP contribution >= 0.6 is 0 Å². The summed E-state index contributed by atoms with van der Waals surface area (Å²) in [6, 6.07) is 9.10. The summed E-state index contributed by atoms with van der Waals surface area (Å²) in [5, 5.41) is 12.2. The molecule has 0 saturated carbocycles. The van der Waals surface area contributed by atoms with Crippen LogP contribution in [0.3, 0.4) is 0 Å². The van der Waals surface area contributed by atoms with Crippen molar-refractivity contribution in [3.05, 3.63) is 72.8 Å². The Labute approximate surface area is 133 Å². The molecule has 2 heterocycles. The highest BCUT2D eigenvalue weighted by Gasteiger charge is 2.17. The van der Waals surface area contributed by atoms with Crippen LogP contribution in [0.15, 0.2) is 61.6 Å². The number of carbonyl (C=O) groups is 1. The van der Waals surface area contributed by atoms with Gasteiger partial charge in [-0.15, -0.1) is 0 Å². The molecule has 1 atom stereocenters. The lowest BCUT2D eigenvalue weighted by atomic mass is 10.1. The molecule has 23 heavy (non-hydrogen) atoms. The molecule has 7 heteroatoms. The van der Waals surface area contributed by atoms with Gasteiger partial charge in [0, 0.05) is 37.3 Å². The first-order valence-corrected chi connectivity index (χ1v) is 7.16. The van der Waals surface area contributed by atoms with Gasteiger partial charge in [-0.1, -0.05) is 30.3 Å². The van der Waals surface area contributed by atoms with Crippen molar-refractivity contribution in [1.82, 2.24) is 25.3 Å². The molecule has 0 amide bonds. The largest absolute Gasteiger partial charge is 0.480 e. The molecule has 2 aromatic heterocycles. The van der Waals surface area contributed by atoms with Crippen molar-refractivity contribution >= 4 is 5.97 Å². The van der Waals surface area contributed by atoms with E-state index in [2.05, 4.69) is 25.3 Å². The fourth-order valence-corrected chi connectivity index (χ4v) is 1.92. The Balaban J connectivity index is 0.000000326. The van der Waals surface area contributed by atoms with Crippen molar-refractivity contribution in [1.29, 1.82) is 0 Å². The van der Waals surface area contributed by atoms with Crippen LogP contribution < -0.4 is 5.32 Å². The third kappa shape index (κ3) is 6.15. The number of aromatic amines is 2. The molecule has 0 unspecified atom stereocenters. The maximum Gasteiger partial charge on any atom is 0.321 e. The van der Waals surface area contributed by atoms with Crippen molar-refractivity contribution in [2.24, 2.45) is 0 Å². The maximum absolute atomic E-state index is 11.2. The van der Waals surface area contributed by atoms with Crippen molar-refractivity contribution in [2.75, 3.05) is 0 Å². The molecule has 0 fully saturated rings. The van der Waals surface area contributed by atoms with Gasteiger partial charge in [0.15, 0.2) is 0 Å². The molecule has 4 N–H and O–H groups in total. The molecule has 0 aliphatic heterocycles. The summed E-state index contributed by atoms with van der Waals surface area (Å²) in [6.45, 7) is 0.534. The lowest BCUT2D eigenvalue weighted by molar-refractivity contribution is -0.139. The topological polar surface area (TPSA) is 107 Å². The number of aromatic nitrogens is 4. The number of nitrogens with one attached hydrogen (secondary N) is 3. The van der Waals surface area contributed by atoms with Crippen LogP contribution in [0.5, 0.6) is 0 Å². The zero-order valence-corrected chi connectivity index (χ0v) is 12.5. The Kier molecular flexibility index (Phi) is 6.55. The standard InChI is InChI=1S/C13H15N3O2.C3H4N2/c17-13(18)12(6-11-8-14-9-16-11)15-7-10-4-2-1-3-5-10;1-2-5-3-4-1/h1-5,8-9,12,15H,6-7H2,(H,14,16)(H,17,18);1-3H,(H,4,5)/t12-;/m0./s1. The normalized spacial score (nSPS) is 11.3.